The minimum Gasteiger partial charge on any atom is -0.432 e. The lowest BCUT2D eigenvalue weighted by atomic mass is 10.2. The van der Waals surface area contributed by atoms with Gasteiger partial charge in [0.2, 0.25) is 0 Å². The lowest BCUT2D eigenvalue weighted by Crippen LogP contribution is -2.07. The number of nitrogen functional groups attached to an aromatic ring is 1. The van der Waals surface area contributed by atoms with Crippen LogP contribution in [0.2, 0.25) is 5.02 Å². The summed E-state index contributed by atoms with van der Waals surface area (Å²) in [5.74, 6) is -1.58. The molecule has 0 atom stereocenters. The first-order valence-electron chi connectivity index (χ1n) is 5.14. The topological polar surface area (TPSA) is 53.1 Å². The second-order valence-corrected chi connectivity index (χ2v) is 4.13. The molecule has 0 bridgehead atoms. The van der Waals surface area contributed by atoms with Crippen LogP contribution >= 0.6 is 11.6 Å². The van der Waals surface area contributed by atoms with Gasteiger partial charge in [0.1, 0.15) is 0 Å². The van der Waals surface area contributed by atoms with Crippen molar-refractivity contribution in [2.24, 2.45) is 0 Å². The molecule has 0 unspecified atom stereocenters. The molecule has 0 saturated carbocycles. The fraction of sp³-hybridized carbons (Fsp3) is 0.182. The maximum absolute atomic E-state index is 13.4. The summed E-state index contributed by atoms with van der Waals surface area (Å²) in [6, 6.07) is 1.93. The monoisotopic (exact) mass is 291 g/mol. The predicted octanol–water partition coefficient (Wildman–Crippen LogP) is 3.16. The molecule has 0 aliphatic carbocycles. The molecular weight excluding hydrogens is 283 g/mol. The third kappa shape index (κ3) is 2.76. The van der Waals surface area contributed by atoms with E-state index in [0.717, 1.165) is 12.1 Å². The van der Waals surface area contributed by atoms with Crippen LogP contribution in [-0.4, -0.2) is 16.4 Å². The predicted molar refractivity (Wildman–Crippen MR) is 64.3 cm³/mol. The zero-order valence-corrected chi connectivity index (χ0v) is 10.5. The van der Waals surface area contributed by atoms with Gasteiger partial charge in [-0.15, -0.1) is 0 Å². The van der Waals surface area contributed by atoms with Gasteiger partial charge in [0, 0.05) is 18.3 Å². The molecule has 8 heteroatoms. The number of nitrogens with two attached hydrogens (primary N) is 1. The average Bonchev–Trinajstić information content (AvgIpc) is 2.62. The fourth-order valence-electron chi connectivity index (χ4n) is 1.51. The highest BCUT2D eigenvalue weighted by Crippen LogP contribution is 2.29. The Morgan fingerprint density at radius 1 is 1.42 bits per heavy atom. The summed E-state index contributed by atoms with van der Waals surface area (Å²) >= 11 is 5.84. The molecule has 0 fully saturated rings. The van der Waals surface area contributed by atoms with Crippen molar-refractivity contribution in [2.75, 3.05) is 5.73 Å². The van der Waals surface area contributed by atoms with Crippen LogP contribution in [-0.2, 0) is 0 Å². The number of ether oxygens (including phenoxy) is 1. The largest absolute Gasteiger partial charge is 0.432 e. The van der Waals surface area contributed by atoms with Crippen LogP contribution < -0.4 is 10.5 Å². The van der Waals surface area contributed by atoms with E-state index in [1.54, 1.807) is 6.92 Å². The SMILES string of the molecule is Cc1nn(-c2cc(OC(F)F)c(F)cc2N)cc1Cl. The molecule has 102 valence electrons. The van der Waals surface area contributed by atoms with E-state index < -0.39 is 18.2 Å². The van der Waals surface area contributed by atoms with E-state index in [1.807, 2.05) is 0 Å². The third-order valence-corrected chi connectivity index (χ3v) is 2.75. The van der Waals surface area contributed by atoms with Gasteiger partial charge in [0.05, 0.1) is 22.1 Å². The summed E-state index contributed by atoms with van der Waals surface area (Å²) in [5, 5.41) is 4.41. The second-order valence-electron chi connectivity index (χ2n) is 3.73. The van der Waals surface area contributed by atoms with Crippen molar-refractivity contribution in [2.45, 2.75) is 13.5 Å². The lowest BCUT2D eigenvalue weighted by molar-refractivity contribution is -0.0521. The number of anilines is 1. The van der Waals surface area contributed by atoms with Gasteiger partial charge >= 0.3 is 6.61 Å². The van der Waals surface area contributed by atoms with E-state index in [9.17, 15) is 13.2 Å². The van der Waals surface area contributed by atoms with Crippen LogP contribution in [0.1, 0.15) is 5.69 Å². The number of alkyl halides is 2. The minimum atomic E-state index is -3.13. The zero-order chi connectivity index (χ0) is 14.2. The van der Waals surface area contributed by atoms with Crippen LogP contribution in [0.4, 0.5) is 18.9 Å². The maximum Gasteiger partial charge on any atom is 0.387 e. The molecule has 19 heavy (non-hydrogen) atoms. The molecule has 1 heterocycles. The normalized spacial score (nSPS) is 11.1. The number of aromatic nitrogens is 2. The van der Waals surface area contributed by atoms with Crippen molar-refractivity contribution < 1.29 is 17.9 Å². The van der Waals surface area contributed by atoms with Crippen LogP contribution in [0, 0.1) is 12.7 Å². The van der Waals surface area contributed by atoms with Crippen LogP contribution in [0.3, 0.4) is 0 Å². The van der Waals surface area contributed by atoms with Crippen molar-refractivity contribution >= 4 is 17.3 Å². The van der Waals surface area contributed by atoms with Crippen molar-refractivity contribution in [3.63, 3.8) is 0 Å². The van der Waals surface area contributed by atoms with Gasteiger partial charge < -0.3 is 10.5 Å². The van der Waals surface area contributed by atoms with Crippen molar-refractivity contribution in [3.05, 3.63) is 34.9 Å². The lowest BCUT2D eigenvalue weighted by Gasteiger charge is -2.10. The summed E-state index contributed by atoms with van der Waals surface area (Å²) in [7, 11) is 0. The molecular formula is C11H9ClF3N3O. The Labute approximate surface area is 111 Å². The molecule has 1 aromatic heterocycles. The van der Waals surface area contributed by atoms with Crippen LogP contribution in [0.25, 0.3) is 5.69 Å². The number of aryl methyl sites for hydroxylation is 1. The Balaban J connectivity index is 2.50. The van der Waals surface area contributed by atoms with Gasteiger partial charge in [-0.3, -0.25) is 0 Å². The van der Waals surface area contributed by atoms with E-state index >= 15 is 0 Å². The molecule has 4 nitrogen and oxygen atoms in total. The second kappa shape index (κ2) is 5.00. The zero-order valence-electron chi connectivity index (χ0n) is 9.70. The first-order chi connectivity index (χ1) is 8.88. The van der Waals surface area contributed by atoms with Gasteiger partial charge in [0.25, 0.3) is 0 Å². The fourth-order valence-corrected chi connectivity index (χ4v) is 1.64. The van der Waals surface area contributed by atoms with Crippen molar-refractivity contribution in [1.29, 1.82) is 0 Å². The van der Waals surface area contributed by atoms with Gasteiger partial charge in [-0.05, 0) is 6.92 Å². The highest BCUT2D eigenvalue weighted by molar-refractivity contribution is 6.31. The van der Waals surface area contributed by atoms with Gasteiger partial charge in [-0.1, -0.05) is 11.6 Å². The number of rotatable bonds is 3. The Hall–Kier alpha value is -1.89. The molecule has 2 rings (SSSR count). The Morgan fingerprint density at radius 2 is 2.11 bits per heavy atom. The summed E-state index contributed by atoms with van der Waals surface area (Å²) in [5.41, 5.74) is 6.38. The van der Waals surface area contributed by atoms with Gasteiger partial charge in [-0.2, -0.15) is 13.9 Å². The van der Waals surface area contributed by atoms with E-state index in [2.05, 4.69) is 9.84 Å². The average molecular weight is 292 g/mol. The van der Waals surface area contributed by atoms with Crippen molar-refractivity contribution in [3.8, 4) is 11.4 Å². The molecule has 0 radical (unpaired) electrons. The quantitative estimate of drug-likeness (QED) is 0.884. The summed E-state index contributed by atoms with van der Waals surface area (Å²) in [6.07, 6.45) is 1.44. The molecule has 0 spiro atoms. The third-order valence-electron chi connectivity index (χ3n) is 2.38. The first-order valence-corrected chi connectivity index (χ1v) is 5.52. The summed E-state index contributed by atoms with van der Waals surface area (Å²) < 4.78 is 43.0. The summed E-state index contributed by atoms with van der Waals surface area (Å²) in [6.45, 7) is -1.47. The van der Waals surface area contributed by atoms with E-state index in [1.165, 1.54) is 10.9 Å². The Kier molecular flexibility index (Phi) is 3.57. The number of nitrogens with zero attached hydrogens (tertiary/aromatic N) is 2. The highest BCUT2D eigenvalue weighted by Gasteiger charge is 2.15. The molecule has 0 aliphatic rings. The number of hydrogen-bond donors (Lipinski definition) is 1. The minimum absolute atomic E-state index is 0.0262. The number of halogens is 4. The van der Waals surface area contributed by atoms with Gasteiger partial charge in [0.15, 0.2) is 11.6 Å². The van der Waals surface area contributed by atoms with Crippen LogP contribution in [0.5, 0.6) is 5.75 Å². The van der Waals surface area contributed by atoms with E-state index in [0.29, 0.717) is 10.7 Å². The molecule has 1 aromatic carbocycles. The van der Waals surface area contributed by atoms with Crippen molar-refractivity contribution in [1.82, 2.24) is 9.78 Å². The summed E-state index contributed by atoms with van der Waals surface area (Å²) in [4.78, 5) is 0. The number of benzene rings is 1. The molecule has 0 amide bonds. The van der Waals surface area contributed by atoms with Crippen LogP contribution in [0.15, 0.2) is 18.3 Å². The Bertz CT molecular complexity index is 596. The molecule has 2 aromatic rings. The molecule has 0 aliphatic heterocycles. The van der Waals surface area contributed by atoms with E-state index in [-0.39, 0.29) is 11.4 Å². The highest BCUT2D eigenvalue weighted by atomic mass is 35.5. The molecule has 0 saturated heterocycles. The van der Waals surface area contributed by atoms with E-state index in [4.69, 9.17) is 17.3 Å². The van der Waals surface area contributed by atoms with Gasteiger partial charge in [-0.25, -0.2) is 9.07 Å². The number of hydrogen-bond acceptors (Lipinski definition) is 3. The smallest absolute Gasteiger partial charge is 0.387 e. The molecule has 2 N–H and O–H groups in total. The standard InChI is InChI=1S/C11H9ClF3N3O/c1-5-6(12)4-18(17-5)9-3-10(19-11(14)15)7(13)2-8(9)16/h2-4,11H,16H2,1H3. The first kappa shape index (κ1) is 13.5. The maximum atomic E-state index is 13.4. The Morgan fingerprint density at radius 3 is 2.63 bits per heavy atom.